The van der Waals surface area contributed by atoms with E-state index in [2.05, 4.69) is 13.2 Å². The number of aliphatic hydroxyl groups is 2. The maximum Gasteiger partial charge on any atom is 0.333 e. The molecule has 0 aliphatic heterocycles. The van der Waals surface area contributed by atoms with E-state index in [9.17, 15) is 19.8 Å². The molecule has 0 bridgehead atoms. The Morgan fingerprint density at radius 2 is 1.38 bits per heavy atom. The van der Waals surface area contributed by atoms with Crippen molar-refractivity contribution in [3.63, 3.8) is 0 Å². The van der Waals surface area contributed by atoms with Gasteiger partial charge in [0.25, 0.3) is 5.79 Å². The number of hydrogen-bond donors (Lipinski definition) is 2. The van der Waals surface area contributed by atoms with Crippen LogP contribution in [0, 0.1) is 10.8 Å². The van der Waals surface area contributed by atoms with Gasteiger partial charge in [0.15, 0.2) is 0 Å². The Morgan fingerprint density at radius 1 is 0.875 bits per heavy atom. The summed E-state index contributed by atoms with van der Waals surface area (Å²) in [5.74, 6) is -3.23. The van der Waals surface area contributed by atoms with Gasteiger partial charge in [-0.2, -0.15) is 0 Å². The summed E-state index contributed by atoms with van der Waals surface area (Å²) in [4.78, 5) is 23.8. The number of ether oxygens (including phenoxy) is 2. The molecule has 2 N–H and O–H groups in total. The number of carbonyl (C=O) groups excluding carboxylic acids is 2. The molecule has 1 spiro atoms. The van der Waals surface area contributed by atoms with Crippen LogP contribution in [0.5, 0.6) is 0 Å². The minimum absolute atomic E-state index is 0.229. The molecule has 0 atom stereocenters. The summed E-state index contributed by atoms with van der Waals surface area (Å²) in [6.45, 7) is 5.86. The molecule has 2 aliphatic rings. The van der Waals surface area contributed by atoms with E-state index in [1.54, 1.807) is 0 Å². The van der Waals surface area contributed by atoms with E-state index in [0.29, 0.717) is 6.42 Å². The van der Waals surface area contributed by atoms with E-state index >= 15 is 0 Å². The Kier molecular flexibility index (Phi) is 5.50. The smallest absolute Gasteiger partial charge is 0.333 e. The number of carbonyl (C=O) groups is 2. The summed E-state index contributed by atoms with van der Waals surface area (Å²) in [5.41, 5.74) is -1.69. The fourth-order valence-corrected chi connectivity index (χ4v) is 4.60. The van der Waals surface area contributed by atoms with E-state index in [1.807, 2.05) is 0 Å². The quantitative estimate of drug-likeness (QED) is 0.436. The molecule has 0 aromatic carbocycles. The zero-order valence-corrected chi connectivity index (χ0v) is 14.0. The van der Waals surface area contributed by atoms with Crippen LogP contribution >= 0.6 is 0 Å². The Morgan fingerprint density at radius 3 is 1.79 bits per heavy atom. The summed E-state index contributed by atoms with van der Waals surface area (Å²) < 4.78 is 11.0. The van der Waals surface area contributed by atoms with Crippen molar-refractivity contribution in [3.05, 3.63) is 25.3 Å². The van der Waals surface area contributed by atoms with Crippen molar-refractivity contribution in [1.29, 1.82) is 0 Å². The predicted molar refractivity (Wildman–Crippen MR) is 86.7 cm³/mol. The minimum atomic E-state index is -1.72. The molecule has 0 heterocycles. The highest BCUT2D eigenvalue weighted by molar-refractivity contribution is 5.83. The number of rotatable bonds is 6. The first-order chi connectivity index (χ1) is 11.4. The zero-order valence-electron chi connectivity index (χ0n) is 14.0. The summed E-state index contributed by atoms with van der Waals surface area (Å²) >= 11 is 0. The summed E-state index contributed by atoms with van der Waals surface area (Å²) in [5, 5.41) is 20.5. The molecule has 0 aromatic heterocycles. The average molecular weight is 338 g/mol. The topological polar surface area (TPSA) is 93.1 Å². The van der Waals surface area contributed by atoms with E-state index in [4.69, 9.17) is 9.47 Å². The van der Waals surface area contributed by atoms with Crippen molar-refractivity contribution in [2.45, 2.75) is 50.7 Å². The SMILES string of the molecule is C=CC(=O)OC1(OC(=O)C=C)CCC2(CCCCC2)C1(CO)CO. The van der Waals surface area contributed by atoms with Gasteiger partial charge in [0.2, 0.25) is 0 Å². The second-order valence-electron chi connectivity index (χ2n) is 6.74. The van der Waals surface area contributed by atoms with Gasteiger partial charge < -0.3 is 19.7 Å². The molecule has 6 heteroatoms. The van der Waals surface area contributed by atoms with Gasteiger partial charge in [0.05, 0.1) is 18.6 Å². The Hall–Kier alpha value is -1.66. The monoisotopic (exact) mass is 338 g/mol. The lowest BCUT2D eigenvalue weighted by Gasteiger charge is -2.51. The van der Waals surface area contributed by atoms with Gasteiger partial charge in [-0.3, -0.25) is 0 Å². The zero-order chi connectivity index (χ0) is 17.8. The van der Waals surface area contributed by atoms with Crippen molar-refractivity contribution in [3.8, 4) is 0 Å². The third-order valence-electron chi connectivity index (χ3n) is 5.89. The van der Waals surface area contributed by atoms with Crippen LogP contribution in [0.2, 0.25) is 0 Å². The largest absolute Gasteiger partial charge is 0.418 e. The molecule has 2 rings (SSSR count). The summed E-state index contributed by atoms with van der Waals surface area (Å²) in [7, 11) is 0. The Labute approximate surface area is 142 Å². The van der Waals surface area contributed by atoms with Gasteiger partial charge in [-0.15, -0.1) is 0 Å². The molecule has 6 nitrogen and oxygen atoms in total. The van der Waals surface area contributed by atoms with E-state index in [1.165, 1.54) is 0 Å². The average Bonchev–Trinajstić information content (AvgIpc) is 2.84. The molecule has 0 saturated heterocycles. The molecular formula is C18H26O6. The van der Waals surface area contributed by atoms with Crippen molar-refractivity contribution >= 4 is 11.9 Å². The lowest BCUT2D eigenvalue weighted by molar-refractivity contribution is -0.288. The fourth-order valence-electron chi connectivity index (χ4n) is 4.60. The molecule has 134 valence electrons. The summed E-state index contributed by atoms with van der Waals surface area (Å²) in [6.07, 6.45) is 7.37. The van der Waals surface area contributed by atoms with Crippen LogP contribution in [-0.2, 0) is 19.1 Å². The van der Waals surface area contributed by atoms with Crippen LogP contribution in [0.1, 0.15) is 44.9 Å². The predicted octanol–water partition coefficient (Wildman–Crippen LogP) is 1.86. The van der Waals surface area contributed by atoms with E-state index in [-0.39, 0.29) is 6.42 Å². The van der Waals surface area contributed by atoms with Crippen molar-refractivity contribution in [2.75, 3.05) is 13.2 Å². The number of aliphatic hydroxyl groups excluding tert-OH is 2. The fraction of sp³-hybridized carbons (Fsp3) is 0.667. The second kappa shape index (κ2) is 7.07. The normalized spacial score (nSPS) is 23.4. The maximum absolute atomic E-state index is 11.9. The molecule has 0 unspecified atom stereocenters. The van der Waals surface area contributed by atoms with E-state index < -0.39 is 41.8 Å². The van der Waals surface area contributed by atoms with Gasteiger partial charge in [-0.1, -0.05) is 32.4 Å². The van der Waals surface area contributed by atoms with Gasteiger partial charge >= 0.3 is 11.9 Å². The Balaban J connectivity index is 2.53. The Bertz CT molecular complexity index is 492. The van der Waals surface area contributed by atoms with Crippen LogP contribution in [-0.4, -0.2) is 41.2 Å². The number of esters is 2. The molecule has 2 aliphatic carbocycles. The molecular weight excluding hydrogens is 312 g/mol. The lowest BCUT2D eigenvalue weighted by Crippen LogP contribution is -2.61. The molecule has 0 radical (unpaired) electrons. The van der Waals surface area contributed by atoms with E-state index in [0.717, 1.165) is 44.3 Å². The standard InChI is InChI=1S/C18H26O6/c1-3-14(21)23-18(24-15(22)4-2)11-10-16(8-6-5-7-9-16)17(18,12-19)13-20/h3-4,19-20H,1-2,5-13H2. The highest BCUT2D eigenvalue weighted by Gasteiger charge is 2.71. The first-order valence-corrected chi connectivity index (χ1v) is 8.37. The highest BCUT2D eigenvalue weighted by atomic mass is 16.7. The van der Waals surface area contributed by atoms with Crippen LogP contribution in [0.15, 0.2) is 25.3 Å². The van der Waals surface area contributed by atoms with Crippen LogP contribution < -0.4 is 0 Å². The first-order valence-electron chi connectivity index (χ1n) is 8.37. The molecule has 0 amide bonds. The van der Waals surface area contributed by atoms with Crippen molar-refractivity contribution < 1.29 is 29.3 Å². The van der Waals surface area contributed by atoms with Gasteiger partial charge in [-0.25, -0.2) is 9.59 Å². The van der Waals surface area contributed by atoms with Crippen LogP contribution in [0.4, 0.5) is 0 Å². The number of hydrogen-bond acceptors (Lipinski definition) is 6. The third-order valence-corrected chi connectivity index (χ3v) is 5.89. The molecule has 0 aromatic rings. The van der Waals surface area contributed by atoms with Gasteiger partial charge in [-0.05, 0) is 24.7 Å². The first kappa shape index (κ1) is 18.7. The molecule has 2 fully saturated rings. The lowest BCUT2D eigenvalue weighted by atomic mass is 9.58. The van der Waals surface area contributed by atoms with Crippen LogP contribution in [0.3, 0.4) is 0 Å². The van der Waals surface area contributed by atoms with Gasteiger partial charge in [0, 0.05) is 18.6 Å². The summed E-state index contributed by atoms with van der Waals surface area (Å²) in [6, 6.07) is 0. The van der Waals surface area contributed by atoms with Crippen LogP contribution in [0.25, 0.3) is 0 Å². The third kappa shape index (κ3) is 2.67. The minimum Gasteiger partial charge on any atom is -0.418 e. The molecule has 24 heavy (non-hydrogen) atoms. The second-order valence-corrected chi connectivity index (χ2v) is 6.74. The van der Waals surface area contributed by atoms with Crippen molar-refractivity contribution in [2.24, 2.45) is 10.8 Å². The maximum atomic E-state index is 11.9. The molecule has 2 saturated carbocycles. The van der Waals surface area contributed by atoms with Gasteiger partial charge in [0.1, 0.15) is 0 Å². The van der Waals surface area contributed by atoms with Crippen molar-refractivity contribution in [1.82, 2.24) is 0 Å². The highest BCUT2D eigenvalue weighted by Crippen LogP contribution is 2.65.